The van der Waals surface area contributed by atoms with Gasteiger partial charge in [-0.05, 0) is 48.4 Å². The van der Waals surface area contributed by atoms with Crippen molar-refractivity contribution in [3.8, 4) is 0 Å². The molecule has 0 aromatic heterocycles. The van der Waals surface area contributed by atoms with Crippen molar-refractivity contribution in [2.45, 2.75) is 44.1 Å². The van der Waals surface area contributed by atoms with E-state index in [1.165, 1.54) is 13.0 Å². The van der Waals surface area contributed by atoms with E-state index in [9.17, 15) is 49.4 Å². The summed E-state index contributed by atoms with van der Waals surface area (Å²) in [7, 11) is 0. The maximum atomic E-state index is 13.3. The van der Waals surface area contributed by atoms with Gasteiger partial charge in [0.15, 0.2) is 0 Å². The summed E-state index contributed by atoms with van der Waals surface area (Å²) in [6.07, 6.45) is -18.6. The summed E-state index contributed by atoms with van der Waals surface area (Å²) in [5, 5.41) is 19.0. The zero-order chi connectivity index (χ0) is 28.9. The van der Waals surface area contributed by atoms with E-state index in [4.69, 9.17) is 9.99 Å². The van der Waals surface area contributed by atoms with Crippen molar-refractivity contribution in [3.63, 3.8) is 0 Å². The Bertz CT molecular complexity index is 1070. The number of aliphatic carboxylic acids is 1. The molecule has 0 radical (unpaired) electrons. The molecule has 0 fully saturated rings. The molecule has 2 aromatic rings. The van der Waals surface area contributed by atoms with Gasteiger partial charge in [0.05, 0.1) is 35.8 Å². The van der Waals surface area contributed by atoms with Gasteiger partial charge in [-0.15, -0.1) is 0 Å². The Kier molecular flexibility index (Phi) is 10.5. The molecule has 2 unspecified atom stereocenters. The number of carboxylic acid groups (broad SMARTS) is 1. The topological polar surface area (TPSA) is 76.0 Å². The van der Waals surface area contributed by atoms with Gasteiger partial charge in [-0.1, -0.05) is 11.6 Å². The number of carbonyl (C=O) groups is 1. The molecule has 0 saturated heterocycles. The molecular formula is C23H21F9O5S. The number of aryl methyl sites for hydroxylation is 1. The lowest BCUT2D eigenvalue weighted by Gasteiger charge is -2.21. The van der Waals surface area contributed by atoms with Crippen LogP contribution in [0.15, 0.2) is 36.4 Å². The standard InChI is InChI=1S/C23H21F9O5S/c1-12-4-13(6-15(5-12)21(24,25)26)18(33)10-38-11-19(37-36-3-2-20(34)35)14-7-16(22(27,28)29)9-17(8-14)23(30,31)32/h4-9,18-19,33H,2-3,10-11H2,1H3,(H,34,35). The summed E-state index contributed by atoms with van der Waals surface area (Å²) in [6.45, 7) is 0.802. The van der Waals surface area contributed by atoms with Gasteiger partial charge in [-0.2, -0.15) is 51.3 Å². The second-order valence-corrected chi connectivity index (χ2v) is 9.15. The zero-order valence-corrected chi connectivity index (χ0v) is 20.2. The van der Waals surface area contributed by atoms with Crippen LogP contribution in [0.3, 0.4) is 0 Å². The van der Waals surface area contributed by atoms with Gasteiger partial charge in [0.1, 0.15) is 6.10 Å². The molecule has 0 bridgehead atoms. The lowest BCUT2D eigenvalue weighted by molar-refractivity contribution is -0.322. The second kappa shape index (κ2) is 12.6. The highest BCUT2D eigenvalue weighted by Gasteiger charge is 2.38. The van der Waals surface area contributed by atoms with Gasteiger partial charge in [0, 0.05) is 11.5 Å². The highest BCUT2D eigenvalue weighted by molar-refractivity contribution is 7.99. The van der Waals surface area contributed by atoms with Crippen LogP contribution in [-0.2, 0) is 33.1 Å². The van der Waals surface area contributed by atoms with Crippen molar-refractivity contribution < 1.29 is 64.3 Å². The van der Waals surface area contributed by atoms with Gasteiger partial charge in [0.25, 0.3) is 0 Å². The number of hydrogen-bond donors (Lipinski definition) is 2. The highest BCUT2D eigenvalue weighted by Crippen LogP contribution is 2.39. The molecule has 2 rings (SSSR count). The van der Waals surface area contributed by atoms with Crippen LogP contribution in [0.1, 0.15) is 52.0 Å². The average Bonchev–Trinajstić information content (AvgIpc) is 2.77. The quantitative estimate of drug-likeness (QED) is 0.129. The third-order valence-electron chi connectivity index (χ3n) is 4.92. The van der Waals surface area contributed by atoms with Crippen LogP contribution in [-0.4, -0.2) is 34.3 Å². The van der Waals surface area contributed by atoms with Crippen molar-refractivity contribution in [2.75, 3.05) is 18.1 Å². The molecule has 2 aromatic carbocycles. The number of hydrogen-bond acceptors (Lipinski definition) is 5. The molecule has 5 nitrogen and oxygen atoms in total. The fourth-order valence-corrected chi connectivity index (χ4v) is 4.17. The number of halogens is 9. The zero-order valence-electron chi connectivity index (χ0n) is 19.4. The van der Waals surface area contributed by atoms with E-state index < -0.39 is 77.7 Å². The number of aliphatic hydroxyl groups excluding tert-OH is 1. The van der Waals surface area contributed by atoms with Crippen LogP contribution in [0, 0.1) is 6.92 Å². The van der Waals surface area contributed by atoms with Crippen LogP contribution < -0.4 is 0 Å². The molecule has 0 heterocycles. The Morgan fingerprint density at radius 3 is 1.82 bits per heavy atom. The van der Waals surface area contributed by atoms with Crippen LogP contribution in [0.4, 0.5) is 39.5 Å². The molecule has 0 aliphatic rings. The summed E-state index contributed by atoms with van der Waals surface area (Å²) in [4.78, 5) is 20.2. The molecule has 2 N–H and O–H groups in total. The monoisotopic (exact) mass is 580 g/mol. The second-order valence-electron chi connectivity index (χ2n) is 8.07. The molecular weight excluding hydrogens is 559 g/mol. The number of benzene rings is 2. The normalized spacial score (nSPS) is 14.4. The molecule has 15 heteroatoms. The molecule has 0 aliphatic heterocycles. The smallest absolute Gasteiger partial charge is 0.416 e. The molecule has 2 atom stereocenters. The van der Waals surface area contributed by atoms with Crippen molar-refractivity contribution in [2.24, 2.45) is 0 Å². The first kappa shape index (κ1) is 31.7. The summed E-state index contributed by atoms with van der Waals surface area (Å²) >= 11 is 0.754. The molecule has 38 heavy (non-hydrogen) atoms. The Morgan fingerprint density at radius 2 is 1.32 bits per heavy atom. The Morgan fingerprint density at radius 1 is 0.816 bits per heavy atom. The number of alkyl halides is 9. The minimum Gasteiger partial charge on any atom is -0.481 e. The first-order chi connectivity index (χ1) is 17.4. The third-order valence-corrected chi connectivity index (χ3v) is 6.01. The average molecular weight is 580 g/mol. The molecule has 212 valence electrons. The van der Waals surface area contributed by atoms with E-state index >= 15 is 0 Å². The maximum Gasteiger partial charge on any atom is 0.416 e. The lowest BCUT2D eigenvalue weighted by atomic mass is 10.0. The SMILES string of the molecule is Cc1cc(C(O)CSCC(OOCCC(=O)O)c2cc(C(F)(F)F)cc(C(F)(F)F)c2)cc(C(F)(F)F)c1. The molecule has 0 saturated carbocycles. The number of carboxylic acids is 1. The predicted molar refractivity (Wildman–Crippen MR) is 117 cm³/mol. The Hall–Kier alpha value is -2.49. The van der Waals surface area contributed by atoms with Crippen LogP contribution in [0.5, 0.6) is 0 Å². The minimum absolute atomic E-state index is 0.0846. The Balaban J connectivity index is 2.28. The number of thioether (sulfide) groups is 1. The summed E-state index contributed by atoms with van der Waals surface area (Å²) in [6, 6.07) is 3.63. The van der Waals surface area contributed by atoms with E-state index in [0.717, 1.165) is 23.9 Å². The van der Waals surface area contributed by atoms with Gasteiger partial charge in [-0.25, -0.2) is 9.78 Å². The van der Waals surface area contributed by atoms with Gasteiger partial charge >= 0.3 is 24.5 Å². The lowest BCUT2D eigenvalue weighted by Crippen LogP contribution is -2.16. The van der Waals surface area contributed by atoms with Gasteiger partial charge in [0.2, 0.25) is 0 Å². The summed E-state index contributed by atoms with van der Waals surface area (Å²) in [5.74, 6) is -2.01. The highest BCUT2D eigenvalue weighted by atomic mass is 32.2. The van der Waals surface area contributed by atoms with E-state index in [2.05, 4.69) is 4.89 Å². The summed E-state index contributed by atoms with van der Waals surface area (Å²) < 4.78 is 119. The fourth-order valence-electron chi connectivity index (χ4n) is 3.16. The number of rotatable bonds is 11. The van der Waals surface area contributed by atoms with Crippen molar-refractivity contribution >= 4 is 17.7 Å². The van der Waals surface area contributed by atoms with Crippen LogP contribution in [0.25, 0.3) is 0 Å². The first-order valence-corrected chi connectivity index (χ1v) is 11.8. The summed E-state index contributed by atoms with van der Waals surface area (Å²) in [5.41, 5.74) is -4.74. The Labute approximate surface area is 214 Å². The third kappa shape index (κ3) is 9.67. The molecule has 0 spiro atoms. The molecule has 0 aliphatic carbocycles. The van der Waals surface area contributed by atoms with Crippen LogP contribution >= 0.6 is 11.8 Å². The largest absolute Gasteiger partial charge is 0.481 e. The van der Waals surface area contributed by atoms with E-state index in [1.807, 2.05) is 0 Å². The van der Waals surface area contributed by atoms with E-state index in [-0.39, 0.29) is 22.9 Å². The minimum atomic E-state index is -5.14. The van der Waals surface area contributed by atoms with Crippen molar-refractivity contribution in [1.29, 1.82) is 0 Å². The predicted octanol–water partition coefficient (Wildman–Crippen LogP) is 6.98. The van der Waals surface area contributed by atoms with Crippen molar-refractivity contribution in [1.82, 2.24) is 0 Å². The van der Waals surface area contributed by atoms with E-state index in [0.29, 0.717) is 12.1 Å². The van der Waals surface area contributed by atoms with Gasteiger partial charge in [-0.3, -0.25) is 4.79 Å². The molecule has 0 amide bonds. The first-order valence-electron chi connectivity index (χ1n) is 10.6. The van der Waals surface area contributed by atoms with Crippen molar-refractivity contribution in [3.05, 3.63) is 69.8 Å². The fraction of sp³-hybridized carbons (Fsp3) is 0.435. The van der Waals surface area contributed by atoms with Gasteiger partial charge < -0.3 is 10.2 Å². The number of aliphatic hydroxyl groups is 1. The van der Waals surface area contributed by atoms with E-state index in [1.54, 1.807) is 0 Å². The maximum absolute atomic E-state index is 13.3. The van der Waals surface area contributed by atoms with Crippen LogP contribution in [0.2, 0.25) is 0 Å².